The number of rotatable bonds is 4. The maximum Gasteiger partial charge on any atom is 0.224 e. The Morgan fingerprint density at radius 2 is 1.18 bits per heavy atom. The molecule has 4 aromatic heterocycles. The molecule has 0 aliphatic heterocycles. The van der Waals surface area contributed by atoms with Crippen LogP contribution in [0.5, 0.6) is 0 Å². The number of halogens is 4. The van der Waals surface area contributed by atoms with Crippen LogP contribution in [0.4, 0.5) is 13.2 Å². The summed E-state index contributed by atoms with van der Waals surface area (Å²) in [5.74, 6) is -2.38. The van der Waals surface area contributed by atoms with Crippen molar-refractivity contribution in [3.8, 4) is 22.5 Å². The summed E-state index contributed by atoms with van der Waals surface area (Å²) in [6, 6.07) is 16.8. The van der Waals surface area contributed by atoms with E-state index in [0.29, 0.717) is 21.6 Å². The highest BCUT2D eigenvalue weighted by Crippen LogP contribution is 2.44. The third-order valence-electron chi connectivity index (χ3n) is 6.37. The monoisotopic (exact) mass is 524 g/mol. The normalized spacial score (nSPS) is 15.3. The van der Waals surface area contributed by atoms with Gasteiger partial charge < -0.3 is 0 Å². The van der Waals surface area contributed by atoms with Crippen LogP contribution in [-0.2, 0) is 5.41 Å². The van der Waals surface area contributed by atoms with Gasteiger partial charge in [-0.2, -0.15) is 18.2 Å². The molecule has 0 spiro atoms. The van der Waals surface area contributed by atoms with Crippen molar-refractivity contribution in [2.75, 3.05) is 0 Å². The fourth-order valence-corrected chi connectivity index (χ4v) is 5.00. The van der Waals surface area contributed by atoms with E-state index in [4.69, 9.17) is 9.97 Å². The molecule has 4 heterocycles. The molecular formula is C26H20BrF3N4. The first kappa shape index (κ1) is 22.7. The summed E-state index contributed by atoms with van der Waals surface area (Å²) < 4.78 is 42.7. The first-order valence-electron chi connectivity index (χ1n) is 11.1. The maximum atomic E-state index is 14.6. The Morgan fingerprint density at radius 3 is 1.74 bits per heavy atom. The van der Waals surface area contributed by atoms with Gasteiger partial charge in [-0.3, -0.25) is 9.97 Å². The first-order valence-corrected chi connectivity index (χ1v) is 11.9. The Kier molecular flexibility index (Phi) is 6.16. The average molecular weight is 525 g/mol. The van der Waals surface area contributed by atoms with Gasteiger partial charge in [0.15, 0.2) is 0 Å². The lowest BCUT2D eigenvalue weighted by Gasteiger charge is -2.37. The van der Waals surface area contributed by atoms with Gasteiger partial charge in [0.1, 0.15) is 4.60 Å². The van der Waals surface area contributed by atoms with E-state index in [2.05, 4.69) is 25.9 Å². The molecule has 0 bridgehead atoms. The minimum Gasteiger partial charge on any atom is -0.252 e. The highest BCUT2D eigenvalue weighted by molar-refractivity contribution is 9.10. The standard InChI is InChI=1S/C26H20BrF3N4/c27-22-12-10-16(24(29)33-22)18-6-4-8-20(31-18)26(14-2-1-3-15-26)21-9-5-7-19(32-21)17-11-13-23(28)34-25(17)30/h4-13H,1-3,14-15H2. The minimum atomic E-state index is -0.902. The predicted octanol–water partition coefficient (Wildman–Crippen LogP) is 7.03. The topological polar surface area (TPSA) is 51.6 Å². The molecule has 0 saturated heterocycles. The van der Waals surface area contributed by atoms with Crippen LogP contribution in [0.15, 0.2) is 65.3 Å². The molecule has 0 radical (unpaired) electrons. The summed E-state index contributed by atoms with van der Waals surface area (Å²) in [6.07, 6.45) is 4.69. The molecule has 1 aliphatic rings. The lowest BCUT2D eigenvalue weighted by atomic mass is 9.69. The molecule has 5 rings (SSSR count). The Labute approximate surface area is 203 Å². The van der Waals surface area contributed by atoms with E-state index in [0.717, 1.165) is 49.6 Å². The fourth-order valence-electron chi connectivity index (χ4n) is 4.71. The lowest BCUT2D eigenvalue weighted by Crippen LogP contribution is -2.32. The highest BCUT2D eigenvalue weighted by Gasteiger charge is 2.39. The van der Waals surface area contributed by atoms with Crippen LogP contribution in [0.1, 0.15) is 43.5 Å². The summed E-state index contributed by atoms with van der Waals surface area (Å²) >= 11 is 3.19. The first-order chi connectivity index (χ1) is 16.5. The Hall–Kier alpha value is -3.13. The van der Waals surface area contributed by atoms with E-state index in [1.807, 2.05) is 24.3 Å². The van der Waals surface area contributed by atoms with Gasteiger partial charge in [-0.1, -0.05) is 31.4 Å². The quantitative estimate of drug-likeness (QED) is 0.269. The maximum absolute atomic E-state index is 14.6. The van der Waals surface area contributed by atoms with Gasteiger partial charge in [0.2, 0.25) is 17.8 Å². The highest BCUT2D eigenvalue weighted by atomic mass is 79.9. The zero-order valence-corrected chi connectivity index (χ0v) is 19.7. The number of hydrogen-bond acceptors (Lipinski definition) is 4. The Morgan fingerprint density at radius 1 is 0.618 bits per heavy atom. The van der Waals surface area contributed by atoms with Gasteiger partial charge in [0.05, 0.1) is 39.3 Å². The van der Waals surface area contributed by atoms with Crippen LogP contribution < -0.4 is 0 Å². The van der Waals surface area contributed by atoms with Crippen LogP contribution in [0.3, 0.4) is 0 Å². The molecule has 34 heavy (non-hydrogen) atoms. The fraction of sp³-hybridized carbons (Fsp3) is 0.231. The molecule has 0 unspecified atom stereocenters. The summed E-state index contributed by atoms with van der Waals surface area (Å²) in [4.78, 5) is 16.8. The van der Waals surface area contributed by atoms with E-state index in [1.54, 1.807) is 24.3 Å². The lowest BCUT2D eigenvalue weighted by molar-refractivity contribution is 0.331. The molecule has 8 heteroatoms. The average Bonchev–Trinajstić information content (AvgIpc) is 2.85. The van der Waals surface area contributed by atoms with Crippen molar-refractivity contribution in [3.63, 3.8) is 0 Å². The smallest absolute Gasteiger partial charge is 0.224 e. The number of hydrogen-bond donors (Lipinski definition) is 0. The largest absolute Gasteiger partial charge is 0.252 e. The summed E-state index contributed by atoms with van der Waals surface area (Å²) in [7, 11) is 0. The summed E-state index contributed by atoms with van der Waals surface area (Å²) in [6.45, 7) is 0. The van der Waals surface area contributed by atoms with Crippen molar-refractivity contribution in [2.45, 2.75) is 37.5 Å². The third kappa shape index (κ3) is 4.22. The molecule has 1 aliphatic carbocycles. The molecule has 172 valence electrons. The van der Waals surface area contributed by atoms with Crippen molar-refractivity contribution < 1.29 is 13.2 Å². The van der Waals surface area contributed by atoms with E-state index in [-0.39, 0.29) is 5.56 Å². The second-order valence-corrected chi connectivity index (χ2v) is 9.22. The van der Waals surface area contributed by atoms with E-state index < -0.39 is 23.3 Å². The number of nitrogens with zero attached hydrogens (tertiary/aromatic N) is 4. The van der Waals surface area contributed by atoms with E-state index >= 15 is 0 Å². The van der Waals surface area contributed by atoms with Gasteiger partial charge in [0.25, 0.3) is 0 Å². The van der Waals surface area contributed by atoms with Gasteiger partial charge in [0, 0.05) is 0 Å². The van der Waals surface area contributed by atoms with Gasteiger partial charge in [-0.05, 0) is 77.3 Å². The molecule has 1 saturated carbocycles. The molecule has 0 atom stereocenters. The van der Waals surface area contributed by atoms with Gasteiger partial charge in [-0.15, -0.1) is 0 Å². The van der Waals surface area contributed by atoms with Gasteiger partial charge in [-0.25, -0.2) is 4.98 Å². The van der Waals surface area contributed by atoms with Crippen LogP contribution in [0.25, 0.3) is 22.5 Å². The van der Waals surface area contributed by atoms with E-state index in [1.165, 1.54) is 6.07 Å². The molecule has 0 N–H and O–H groups in total. The van der Waals surface area contributed by atoms with Crippen molar-refractivity contribution >= 4 is 15.9 Å². The van der Waals surface area contributed by atoms with Crippen molar-refractivity contribution in [3.05, 3.63) is 94.5 Å². The van der Waals surface area contributed by atoms with Gasteiger partial charge >= 0.3 is 0 Å². The molecule has 0 aromatic carbocycles. The van der Waals surface area contributed by atoms with Crippen LogP contribution in [-0.4, -0.2) is 19.9 Å². The Balaban J connectivity index is 1.62. The van der Waals surface area contributed by atoms with Crippen molar-refractivity contribution in [2.24, 2.45) is 0 Å². The molecular weight excluding hydrogens is 505 g/mol. The molecule has 4 nitrogen and oxygen atoms in total. The van der Waals surface area contributed by atoms with Crippen LogP contribution in [0, 0.1) is 17.8 Å². The number of pyridine rings is 4. The zero-order chi connectivity index (χ0) is 23.7. The summed E-state index contributed by atoms with van der Waals surface area (Å²) in [5, 5.41) is 0. The zero-order valence-electron chi connectivity index (χ0n) is 18.1. The van der Waals surface area contributed by atoms with Crippen LogP contribution in [0.2, 0.25) is 0 Å². The minimum absolute atomic E-state index is 0.138. The number of aromatic nitrogens is 4. The SMILES string of the molecule is Fc1ccc(-c2cccc(C3(c4cccc(-c5ccc(Br)nc5F)n4)CCCCC3)n2)c(F)n1. The second-order valence-electron chi connectivity index (χ2n) is 8.40. The third-order valence-corrected chi connectivity index (χ3v) is 6.81. The van der Waals surface area contributed by atoms with Crippen molar-refractivity contribution in [1.82, 2.24) is 19.9 Å². The Bertz CT molecular complexity index is 1260. The summed E-state index contributed by atoms with van der Waals surface area (Å²) in [5.41, 5.74) is 2.36. The van der Waals surface area contributed by atoms with Crippen molar-refractivity contribution in [1.29, 1.82) is 0 Å². The predicted molar refractivity (Wildman–Crippen MR) is 126 cm³/mol. The van der Waals surface area contributed by atoms with Crippen LogP contribution >= 0.6 is 15.9 Å². The molecule has 0 amide bonds. The molecule has 1 fully saturated rings. The molecule has 4 aromatic rings. The van der Waals surface area contributed by atoms with E-state index in [9.17, 15) is 13.2 Å². The second kappa shape index (κ2) is 9.25.